The number of rotatable bonds is 2. The number of aryl methyl sites for hydroxylation is 1. The van der Waals surface area contributed by atoms with Gasteiger partial charge in [-0.2, -0.15) is 8.42 Å². The molecule has 0 spiro atoms. The van der Waals surface area contributed by atoms with E-state index >= 15 is 0 Å². The Balaban J connectivity index is 0.00000128. The van der Waals surface area contributed by atoms with Crippen molar-refractivity contribution in [2.45, 2.75) is 19.1 Å². The molecule has 0 aliphatic carbocycles. The summed E-state index contributed by atoms with van der Waals surface area (Å²) in [6, 6.07) is 7.83. The molecule has 0 amide bonds. The molecular weight excluding hydrogens is 230 g/mol. The van der Waals surface area contributed by atoms with Crippen molar-refractivity contribution in [3.05, 3.63) is 29.8 Å². The molecule has 90 valence electrons. The standard InChI is InChI=1S/C10H13NO3S.H2O/c1-15(12,13)14-10-7-6-8-4-2-3-5-9(8)11-10;/h2-5,10-11H,6-7H2,1H3;1H2. The van der Waals surface area contributed by atoms with E-state index < -0.39 is 16.3 Å². The number of benzene rings is 1. The van der Waals surface area contributed by atoms with E-state index in [2.05, 4.69) is 5.32 Å². The van der Waals surface area contributed by atoms with E-state index in [-0.39, 0.29) is 5.48 Å². The monoisotopic (exact) mass is 245 g/mol. The van der Waals surface area contributed by atoms with Crippen molar-refractivity contribution in [1.29, 1.82) is 0 Å². The Morgan fingerprint density at radius 1 is 1.38 bits per heavy atom. The Bertz CT molecular complexity index is 458. The van der Waals surface area contributed by atoms with Gasteiger partial charge in [0.2, 0.25) is 0 Å². The lowest BCUT2D eigenvalue weighted by molar-refractivity contribution is 0.225. The molecule has 2 rings (SSSR count). The van der Waals surface area contributed by atoms with E-state index in [4.69, 9.17) is 4.18 Å². The van der Waals surface area contributed by atoms with Crippen LogP contribution in [0.3, 0.4) is 0 Å². The zero-order chi connectivity index (χ0) is 10.9. The summed E-state index contributed by atoms with van der Waals surface area (Å²) in [4.78, 5) is 0. The predicted octanol–water partition coefficient (Wildman–Crippen LogP) is 0.522. The first-order valence-electron chi connectivity index (χ1n) is 4.77. The van der Waals surface area contributed by atoms with Crippen LogP contribution in [-0.2, 0) is 20.7 Å². The first kappa shape index (κ1) is 13.0. The summed E-state index contributed by atoms with van der Waals surface area (Å²) in [5, 5.41) is 3.05. The summed E-state index contributed by atoms with van der Waals surface area (Å²) in [7, 11) is -3.39. The molecule has 1 atom stereocenters. The number of fused-ring (bicyclic) bond motifs is 1. The Hall–Kier alpha value is -1.11. The van der Waals surface area contributed by atoms with Gasteiger partial charge in [-0.25, -0.2) is 4.18 Å². The fourth-order valence-corrected chi connectivity index (χ4v) is 2.26. The van der Waals surface area contributed by atoms with Gasteiger partial charge in [0.1, 0.15) is 6.23 Å². The summed E-state index contributed by atoms with van der Waals surface area (Å²) in [6.07, 6.45) is 2.14. The molecule has 3 N–H and O–H groups in total. The largest absolute Gasteiger partial charge is 0.412 e. The summed E-state index contributed by atoms with van der Waals surface area (Å²) < 4.78 is 26.8. The summed E-state index contributed by atoms with van der Waals surface area (Å²) in [5.74, 6) is 0. The molecule has 0 bridgehead atoms. The molecule has 1 unspecified atom stereocenters. The number of anilines is 1. The summed E-state index contributed by atoms with van der Waals surface area (Å²) in [5.41, 5.74) is 2.16. The molecule has 16 heavy (non-hydrogen) atoms. The highest BCUT2D eigenvalue weighted by Gasteiger charge is 2.20. The predicted molar refractivity (Wildman–Crippen MR) is 61.7 cm³/mol. The van der Waals surface area contributed by atoms with Crippen molar-refractivity contribution in [3.8, 4) is 0 Å². The zero-order valence-corrected chi connectivity index (χ0v) is 9.75. The molecule has 0 radical (unpaired) electrons. The van der Waals surface area contributed by atoms with Crippen LogP contribution in [-0.4, -0.2) is 26.4 Å². The van der Waals surface area contributed by atoms with E-state index in [0.717, 1.165) is 18.4 Å². The molecule has 0 saturated heterocycles. The third kappa shape index (κ3) is 3.19. The minimum atomic E-state index is -3.39. The van der Waals surface area contributed by atoms with Crippen molar-refractivity contribution in [1.82, 2.24) is 0 Å². The van der Waals surface area contributed by atoms with Gasteiger partial charge in [0.15, 0.2) is 0 Å². The number of nitrogens with one attached hydrogen (secondary N) is 1. The average Bonchev–Trinajstić information content (AvgIpc) is 2.15. The van der Waals surface area contributed by atoms with E-state index in [1.165, 1.54) is 5.56 Å². The Morgan fingerprint density at radius 2 is 2.06 bits per heavy atom. The molecule has 0 aromatic heterocycles. The zero-order valence-electron chi connectivity index (χ0n) is 8.93. The minimum absolute atomic E-state index is 0. The summed E-state index contributed by atoms with van der Waals surface area (Å²) in [6.45, 7) is 0. The lowest BCUT2D eigenvalue weighted by Crippen LogP contribution is -2.30. The first-order chi connectivity index (χ1) is 7.04. The second-order valence-corrected chi connectivity index (χ2v) is 5.23. The molecule has 1 aromatic carbocycles. The SMILES string of the molecule is CS(=O)(=O)OC1CCc2ccccc2N1.O. The van der Waals surface area contributed by atoms with Crippen LogP contribution < -0.4 is 5.32 Å². The van der Waals surface area contributed by atoms with Gasteiger partial charge in [0.05, 0.1) is 6.26 Å². The van der Waals surface area contributed by atoms with Crippen molar-refractivity contribution >= 4 is 15.8 Å². The third-order valence-electron chi connectivity index (χ3n) is 2.30. The van der Waals surface area contributed by atoms with Gasteiger partial charge < -0.3 is 10.8 Å². The van der Waals surface area contributed by atoms with Gasteiger partial charge in [-0.3, -0.25) is 0 Å². The highest BCUT2D eigenvalue weighted by Crippen LogP contribution is 2.25. The number of para-hydroxylation sites is 1. The topological polar surface area (TPSA) is 86.9 Å². The van der Waals surface area contributed by atoms with Crippen LogP contribution >= 0.6 is 0 Å². The van der Waals surface area contributed by atoms with Crippen LogP contribution in [0.4, 0.5) is 5.69 Å². The molecular formula is C10H15NO4S. The van der Waals surface area contributed by atoms with Crippen LogP contribution in [0.1, 0.15) is 12.0 Å². The minimum Gasteiger partial charge on any atom is -0.412 e. The third-order valence-corrected chi connectivity index (χ3v) is 2.88. The van der Waals surface area contributed by atoms with Gasteiger partial charge >= 0.3 is 0 Å². The van der Waals surface area contributed by atoms with Crippen LogP contribution in [0.5, 0.6) is 0 Å². The molecule has 6 heteroatoms. The van der Waals surface area contributed by atoms with Gasteiger partial charge in [-0.1, -0.05) is 18.2 Å². The van der Waals surface area contributed by atoms with Crippen LogP contribution in [0, 0.1) is 0 Å². The van der Waals surface area contributed by atoms with E-state index in [1.807, 2.05) is 24.3 Å². The molecule has 1 aromatic rings. The summed E-state index contributed by atoms with van der Waals surface area (Å²) >= 11 is 0. The van der Waals surface area contributed by atoms with Gasteiger partial charge in [-0.05, 0) is 24.5 Å². The molecule has 5 nitrogen and oxygen atoms in total. The Kier molecular flexibility index (Phi) is 3.90. The van der Waals surface area contributed by atoms with E-state index in [9.17, 15) is 8.42 Å². The van der Waals surface area contributed by atoms with E-state index in [1.54, 1.807) is 0 Å². The number of hydrogen-bond acceptors (Lipinski definition) is 4. The fourth-order valence-electron chi connectivity index (χ4n) is 1.69. The maximum atomic E-state index is 10.9. The average molecular weight is 245 g/mol. The van der Waals surface area contributed by atoms with Crippen LogP contribution in [0.2, 0.25) is 0 Å². The lowest BCUT2D eigenvalue weighted by Gasteiger charge is -2.25. The van der Waals surface area contributed by atoms with Crippen LogP contribution in [0.25, 0.3) is 0 Å². The second-order valence-electron chi connectivity index (χ2n) is 3.63. The van der Waals surface area contributed by atoms with Crippen molar-refractivity contribution in [2.75, 3.05) is 11.6 Å². The van der Waals surface area contributed by atoms with Gasteiger partial charge in [-0.15, -0.1) is 0 Å². The molecule has 1 aliphatic heterocycles. The van der Waals surface area contributed by atoms with Gasteiger partial charge in [0.25, 0.3) is 10.1 Å². The first-order valence-corrected chi connectivity index (χ1v) is 6.59. The Labute approximate surface area is 94.9 Å². The number of hydrogen-bond donors (Lipinski definition) is 1. The van der Waals surface area contributed by atoms with Crippen molar-refractivity contribution in [2.24, 2.45) is 0 Å². The Morgan fingerprint density at radius 3 is 2.75 bits per heavy atom. The molecule has 0 fully saturated rings. The van der Waals surface area contributed by atoms with Crippen molar-refractivity contribution < 1.29 is 18.1 Å². The quantitative estimate of drug-likeness (QED) is 0.770. The fraction of sp³-hybridized carbons (Fsp3) is 0.400. The van der Waals surface area contributed by atoms with Crippen LogP contribution in [0.15, 0.2) is 24.3 Å². The molecule has 0 saturated carbocycles. The highest BCUT2D eigenvalue weighted by molar-refractivity contribution is 7.86. The van der Waals surface area contributed by atoms with Gasteiger partial charge in [0, 0.05) is 5.69 Å². The lowest BCUT2D eigenvalue weighted by atomic mass is 10.0. The normalized spacial score (nSPS) is 19.2. The van der Waals surface area contributed by atoms with Crippen molar-refractivity contribution in [3.63, 3.8) is 0 Å². The molecule has 1 heterocycles. The highest BCUT2D eigenvalue weighted by atomic mass is 32.2. The maximum absolute atomic E-state index is 10.9. The smallest absolute Gasteiger partial charge is 0.266 e. The molecule has 1 aliphatic rings. The maximum Gasteiger partial charge on any atom is 0.266 e. The van der Waals surface area contributed by atoms with E-state index in [0.29, 0.717) is 6.42 Å². The second kappa shape index (κ2) is 4.82.